The van der Waals surface area contributed by atoms with E-state index in [-0.39, 0.29) is 17.7 Å². The molecule has 0 aromatic carbocycles. The van der Waals surface area contributed by atoms with Crippen molar-refractivity contribution in [2.24, 2.45) is 0 Å². The van der Waals surface area contributed by atoms with Gasteiger partial charge in [0.05, 0.1) is 24.0 Å². The number of aliphatic hydroxyl groups excluding tert-OH is 1. The Morgan fingerprint density at radius 2 is 2.06 bits per heavy atom. The third-order valence-corrected chi connectivity index (χ3v) is 7.00. The molecular formula is C23H31N7O2S. The summed E-state index contributed by atoms with van der Waals surface area (Å²) in [5.41, 5.74) is 1.65. The van der Waals surface area contributed by atoms with Gasteiger partial charge in [-0.25, -0.2) is 15.0 Å². The number of morpholine rings is 1. The highest BCUT2D eigenvalue weighted by Gasteiger charge is 2.27. The van der Waals surface area contributed by atoms with E-state index in [2.05, 4.69) is 39.3 Å². The number of rotatable bonds is 6. The highest BCUT2D eigenvalue weighted by molar-refractivity contribution is 7.21. The van der Waals surface area contributed by atoms with Crippen molar-refractivity contribution in [3.63, 3.8) is 0 Å². The van der Waals surface area contributed by atoms with Crippen LogP contribution in [0.1, 0.15) is 45.2 Å². The molecule has 2 aliphatic rings. The van der Waals surface area contributed by atoms with Crippen molar-refractivity contribution < 1.29 is 9.84 Å². The Kier molecular flexibility index (Phi) is 6.42. The van der Waals surface area contributed by atoms with E-state index in [1.807, 2.05) is 18.2 Å². The number of pyridine rings is 1. The molecule has 4 heterocycles. The predicted octanol–water partition coefficient (Wildman–Crippen LogP) is 3.55. The number of ether oxygens (including phenoxy) is 1. The van der Waals surface area contributed by atoms with E-state index in [0.29, 0.717) is 11.8 Å². The third kappa shape index (κ3) is 5.75. The summed E-state index contributed by atoms with van der Waals surface area (Å²) in [6.07, 6.45) is 5.04. The quantitative estimate of drug-likeness (QED) is 0.499. The lowest BCUT2D eigenvalue weighted by Crippen LogP contribution is -2.47. The van der Waals surface area contributed by atoms with Crippen LogP contribution < -0.4 is 10.6 Å². The molecule has 5 rings (SSSR count). The van der Waals surface area contributed by atoms with Gasteiger partial charge in [0.15, 0.2) is 5.13 Å². The Morgan fingerprint density at radius 1 is 1.21 bits per heavy atom. The van der Waals surface area contributed by atoms with Gasteiger partial charge in [-0.2, -0.15) is 4.98 Å². The average Bonchev–Trinajstić information content (AvgIpc) is 3.17. The molecule has 0 atom stereocenters. The van der Waals surface area contributed by atoms with Crippen LogP contribution in [0.3, 0.4) is 0 Å². The molecule has 1 aliphatic heterocycles. The van der Waals surface area contributed by atoms with E-state index in [1.54, 1.807) is 6.20 Å². The number of nitrogens with zero attached hydrogens (tertiary/aromatic N) is 5. The van der Waals surface area contributed by atoms with Gasteiger partial charge in [-0.3, -0.25) is 4.90 Å². The molecule has 1 aliphatic carbocycles. The largest absolute Gasteiger partial charge is 0.393 e. The Labute approximate surface area is 197 Å². The van der Waals surface area contributed by atoms with E-state index in [4.69, 9.17) is 14.7 Å². The first-order chi connectivity index (χ1) is 15.9. The second-order valence-electron chi connectivity index (χ2n) is 9.51. The van der Waals surface area contributed by atoms with Gasteiger partial charge >= 0.3 is 0 Å². The van der Waals surface area contributed by atoms with Gasteiger partial charge in [0.2, 0.25) is 5.95 Å². The molecule has 0 amide bonds. The fourth-order valence-corrected chi connectivity index (χ4v) is 5.34. The van der Waals surface area contributed by atoms with Crippen molar-refractivity contribution >= 4 is 38.6 Å². The summed E-state index contributed by atoms with van der Waals surface area (Å²) in [6.45, 7) is 7.42. The maximum absolute atomic E-state index is 9.83. The number of aromatic nitrogens is 4. The molecule has 1 saturated carbocycles. The molecule has 33 heavy (non-hydrogen) atoms. The van der Waals surface area contributed by atoms with Crippen molar-refractivity contribution in [1.29, 1.82) is 0 Å². The first-order valence-electron chi connectivity index (χ1n) is 11.6. The molecule has 3 aromatic rings. The van der Waals surface area contributed by atoms with Crippen LogP contribution in [0.2, 0.25) is 0 Å². The maximum Gasteiger partial charge on any atom is 0.225 e. The molecule has 1 saturated heterocycles. The maximum atomic E-state index is 9.83. The van der Waals surface area contributed by atoms with Crippen molar-refractivity contribution in [1.82, 2.24) is 24.8 Å². The lowest BCUT2D eigenvalue weighted by molar-refractivity contribution is -0.0885. The second-order valence-corrected chi connectivity index (χ2v) is 10.5. The molecule has 176 valence electrons. The minimum absolute atomic E-state index is 0.162. The van der Waals surface area contributed by atoms with E-state index in [0.717, 1.165) is 73.1 Å². The highest BCUT2D eigenvalue weighted by atomic mass is 32.1. The number of hydrogen-bond acceptors (Lipinski definition) is 10. The molecule has 0 bridgehead atoms. The zero-order chi connectivity index (χ0) is 22.8. The van der Waals surface area contributed by atoms with E-state index < -0.39 is 0 Å². The van der Waals surface area contributed by atoms with E-state index in [9.17, 15) is 5.11 Å². The van der Waals surface area contributed by atoms with Gasteiger partial charge in [-0.1, -0.05) is 11.3 Å². The first kappa shape index (κ1) is 22.4. The lowest BCUT2D eigenvalue weighted by atomic mass is 9.93. The Hall–Kier alpha value is -2.40. The van der Waals surface area contributed by atoms with Gasteiger partial charge in [0, 0.05) is 37.9 Å². The Balaban J connectivity index is 1.38. The number of nitrogens with one attached hydrogen (secondary N) is 2. The normalized spacial score (nSPS) is 23.5. The molecule has 2 fully saturated rings. The first-order valence-corrected chi connectivity index (χ1v) is 12.4. The number of anilines is 3. The van der Waals surface area contributed by atoms with Crippen LogP contribution in [0.5, 0.6) is 0 Å². The predicted molar refractivity (Wildman–Crippen MR) is 130 cm³/mol. The summed E-state index contributed by atoms with van der Waals surface area (Å²) in [7, 11) is 0. The minimum Gasteiger partial charge on any atom is -0.393 e. The van der Waals surface area contributed by atoms with Crippen LogP contribution in [0, 0.1) is 0 Å². The minimum atomic E-state index is -0.190. The number of thiazole rings is 1. The van der Waals surface area contributed by atoms with Gasteiger partial charge in [0.1, 0.15) is 16.2 Å². The van der Waals surface area contributed by atoms with Crippen molar-refractivity contribution in [2.45, 2.75) is 63.8 Å². The van der Waals surface area contributed by atoms with E-state index >= 15 is 0 Å². The van der Waals surface area contributed by atoms with Crippen molar-refractivity contribution in [2.75, 3.05) is 30.3 Å². The summed E-state index contributed by atoms with van der Waals surface area (Å²) in [4.78, 5) is 21.9. The van der Waals surface area contributed by atoms with Crippen LogP contribution in [0.25, 0.3) is 10.3 Å². The molecule has 3 aromatic heterocycles. The number of fused-ring (bicyclic) bond motifs is 1. The Bertz CT molecular complexity index is 1060. The van der Waals surface area contributed by atoms with Crippen LogP contribution in [0.15, 0.2) is 24.4 Å². The monoisotopic (exact) mass is 469 g/mol. The Morgan fingerprint density at radius 3 is 2.85 bits per heavy atom. The molecule has 0 radical (unpaired) electrons. The van der Waals surface area contributed by atoms with Gasteiger partial charge in [-0.05, 0) is 51.7 Å². The number of aliphatic hydroxyl groups is 1. The zero-order valence-electron chi connectivity index (χ0n) is 19.1. The zero-order valence-corrected chi connectivity index (χ0v) is 19.9. The average molecular weight is 470 g/mol. The van der Waals surface area contributed by atoms with Crippen LogP contribution in [0.4, 0.5) is 16.9 Å². The summed E-state index contributed by atoms with van der Waals surface area (Å²) >= 11 is 1.51. The summed E-state index contributed by atoms with van der Waals surface area (Å²) in [5.74, 6) is 1.33. The molecule has 0 unspecified atom stereocenters. The molecule has 10 heteroatoms. The van der Waals surface area contributed by atoms with Crippen LogP contribution in [-0.2, 0) is 11.3 Å². The SMILES string of the molecule is CC1(C)CN(Cc2cc(Nc3nc4cccnc4s3)nc(N[C@H]3CC[C@H](O)CC3)n2)CCO1. The van der Waals surface area contributed by atoms with Gasteiger partial charge in [-0.15, -0.1) is 0 Å². The molecular weight excluding hydrogens is 438 g/mol. The molecule has 9 nitrogen and oxygen atoms in total. The smallest absolute Gasteiger partial charge is 0.225 e. The topological polar surface area (TPSA) is 108 Å². The fourth-order valence-electron chi connectivity index (χ4n) is 4.52. The molecule has 0 spiro atoms. The van der Waals surface area contributed by atoms with Crippen molar-refractivity contribution in [3.8, 4) is 0 Å². The van der Waals surface area contributed by atoms with Crippen LogP contribution >= 0.6 is 11.3 Å². The van der Waals surface area contributed by atoms with Gasteiger partial charge < -0.3 is 20.5 Å². The van der Waals surface area contributed by atoms with Gasteiger partial charge in [0.25, 0.3) is 0 Å². The number of hydrogen-bond donors (Lipinski definition) is 3. The third-order valence-electron chi connectivity index (χ3n) is 6.10. The lowest BCUT2D eigenvalue weighted by Gasteiger charge is -2.38. The highest BCUT2D eigenvalue weighted by Crippen LogP contribution is 2.28. The van der Waals surface area contributed by atoms with Crippen molar-refractivity contribution in [3.05, 3.63) is 30.1 Å². The summed E-state index contributed by atoms with van der Waals surface area (Å²) < 4.78 is 5.87. The summed E-state index contributed by atoms with van der Waals surface area (Å²) in [6, 6.07) is 6.12. The second kappa shape index (κ2) is 9.46. The standard InChI is InChI=1S/C23H31N7O2S/c1-23(2)14-30(10-11-32-23)13-16-12-19(29-22-27-18-4-3-9-24-20(18)33-22)28-21(26-16)25-15-5-7-17(31)8-6-15/h3-4,9,12,15,17,31H,5-8,10-11,13-14H2,1-2H3,(H2,25,26,27,28,29)/t15-,17-. The summed E-state index contributed by atoms with van der Waals surface area (Å²) in [5, 5.41) is 17.5. The van der Waals surface area contributed by atoms with Crippen LogP contribution in [-0.4, -0.2) is 67.4 Å². The fraction of sp³-hybridized carbons (Fsp3) is 0.565. The van der Waals surface area contributed by atoms with E-state index in [1.165, 1.54) is 11.3 Å². The molecule has 3 N–H and O–H groups in total.